The number of ether oxygens (including phenoxy) is 2. The van der Waals surface area contributed by atoms with Gasteiger partial charge in [0.1, 0.15) is 11.9 Å². The van der Waals surface area contributed by atoms with Crippen molar-refractivity contribution in [1.82, 2.24) is 10.2 Å². The van der Waals surface area contributed by atoms with Crippen LogP contribution in [0.15, 0.2) is 18.2 Å². The van der Waals surface area contributed by atoms with E-state index in [0.29, 0.717) is 63.9 Å². The van der Waals surface area contributed by atoms with Gasteiger partial charge >= 0.3 is 6.09 Å². The van der Waals surface area contributed by atoms with Gasteiger partial charge in [0.2, 0.25) is 5.91 Å². The molecule has 2 aliphatic rings. The van der Waals surface area contributed by atoms with E-state index in [4.69, 9.17) is 9.47 Å². The van der Waals surface area contributed by atoms with Gasteiger partial charge in [0, 0.05) is 39.6 Å². The second-order valence-electron chi connectivity index (χ2n) is 7.79. The van der Waals surface area contributed by atoms with Gasteiger partial charge in [-0.1, -0.05) is 6.92 Å². The molecule has 2 atom stereocenters. The zero-order valence-electron chi connectivity index (χ0n) is 18.1. The molecule has 0 saturated carbocycles. The highest BCUT2D eigenvalue weighted by Crippen LogP contribution is 2.28. The minimum Gasteiger partial charge on any atom is -0.443 e. The molecule has 2 heterocycles. The molecule has 31 heavy (non-hydrogen) atoms. The summed E-state index contributed by atoms with van der Waals surface area (Å²) in [6.45, 7) is 7.61. The van der Waals surface area contributed by atoms with Crippen molar-refractivity contribution in [2.24, 2.45) is 0 Å². The van der Waals surface area contributed by atoms with Gasteiger partial charge in [0.15, 0.2) is 0 Å². The van der Waals surface area contributed by atoms with Crippen LogP contribution in [0.5, 0.6) is 0 Å². The van der Waals surface area contributed by atoms with Gasteiger partial charge in [-0.05, 0) is 24.7 Å². The smallest absolute Gasteiger partial charge is 0.414 e. The van der Waals surface area contributed by atoms with Crippen molar-refractivity contribution in [2.75, 3.05) is 68.8 Å². The predicted molar refractivity (Wildman–Crippen MR) is 114 cm³/mol. The molecule has 0 radical (unpaired) electrons. The minimum atomic E-state index is -0.723. The van der Waals surface area contributed by atoms with Crippen LogP contribution in [0.3, 0.4) is 0 Å². The Bertz CT molecular complexity index is 774. The summed E-state index contributed by atoms with van der Waals surface area (Å²) in [6.07, 6.45) is -1.64. The number of halogens is 1. The maximum absolute atomic E-state index is 14.7. The van der Waals surface area contributed by atoms with Crippen molar-refractivity contribution < 1.29 is 28.6 Å². The van der Waals surface area contributed by atoms with Gasteiger partial charge in [-0.2, -0.15) is 0 Å². The van der Waals surface area contributed by atoms with Crippen molar-refractivity contribution >= 4 is 23.4 Å². The van der Waals surface area contributed by atoms with Crippen molar-refractivity contribution in [3.8, 4) is 0 Å². The Morgan fingerprint density at radius 1 is 1.39 bits per heavy atom. The van der Waals surface area contributed by atoms with Crippen LogP contribution in [-0.4, -0.2) is 93.2 Å². The number of rotatable bonds is 9. The summed E-state index contributed by atoms with van der Waals surface area (Å²) in [5.41, 5.74) is 0.956. The summed E-state index contributed by atoms with van der Waals surface area (Å²) in [7, 11) is 0. The summed E-state index contributed by atoms with van der Waals surface area (Å²) in [4.78, 5) is 28.7. The normalized spacial score (nSPS) is 20.2. The molecule has 3 rings (SSSR count). The molecule has 10 heteroatoms. The molecule has 0 bridgehead atoms. The second kappa shape index (κ2) is 10.7. The molecular formula is C21H31FN4O5. The Hall–Kier alpha value is -2.43. The second-order valence-corrected chi connectivity index (χ2v) is 7.79. The van der Waals surface area contributed by atoms with E-state index >= 15 is 0 Å². The minimum absolute atomic E-state index is 0.164. The summed E-state index contributed by atoms with van der Waals surface area (Å²) in [6, 6.07) is 4.78. The number of nitrogens with one attached hydrogen (secondary N) is 1. The largest absolute Gasteiger partial charge is 0.443 e. The zero-order chi connectivity index (χ0) is 22.4. The van der Waals surface area contributed by atoms with E-state index in [-0.39, 0.29) is 18.3 Å². The lowest BCUT2D eigenvalue weighted by atomic mass is 10.2. The maximum Gasteiger partial charge on any atom is 0.414 e. The first-order valence-electron chi connectivity index (χ1n) is 10.6. The van der Waals surface area contributed by atoms with Crippen LogP contribution < -0.4 is 15.1 Å². The number of aliphatic hydroxyl groups excluding tert-OH is 1. The standard InChI is InChI=1S/C21H31FN4O5/c1-3-24(12-17(28)11-23-15(2)27)13-18-14-26(21(29)31-18)16-4-5-20(19(22)10-16)25-6-8-30-9-7-25/h4-5,10,17-18,28H,3,6-9,11-14H2,1-2H3,(H,23,27)/t17-,18-/m0/s1. The van der Waals surface area contributed by atoms with E-state index in [0.717, 1.165) is 0 Å². The average Bonchev–Trinajstić information content (AvgIpc) is 3.12. The summed E-state index contributed by atoms with van der Waals surface area (Å²) in [5, 5.41) is 12.7. The molecule has 2 amide bonds. The van der Waals surface area contributed by atoms with Gasteiger partial charge < -0.3 is 24.8 Å². The number of amides is 2. The highest BCUT2D eigenvalue weighted by molar-refractivity contribution is 5.90. The molecule has 0 unspecified atom stereocenters. The predicted octanol–water partition coefficient (Wildman–Crippen LogP) is 0.806. The van der Waals surface area contributed by atoms with Gasteiger partial charge in [-0.25, -0.2) is 9.18 Å². The molecule has 2 saturated heterocycles. The van der Waals surface area contributed by atoms with E-state index in [1.54, 1.807) is 12.1 Å². The number of carbonyl (C=O) groups is 2. The van der Waals surface area contributed by atoms with Crippen LogP contribution in [-0.2, 0) is 14.3 Å². The highest BCUT2D eigenvalue weighted by Gasteiger charge is 2.34. The molecule has 0 aliphatic carbocycles. The Morgan fingerprint density at radius 3 is 2.77 bits per heavy atom. The molecule has 172 valence electrons. The first kappa shape index (κ1) is 23.2. The topological polar surface area (TPSA) is 94.6 Å². The number of hydrogen-bond donors (Lipinski definition) is 2. The van der Waals surface area contributed by atoms with Gasteiger partial charge in [-0.15, -0.1) is 0 Å². The fourth-order valence-corrected chi connectivity index (χ4v) is 3.80. The van der Waals surface area contributed by atoms with E-state index in [1.165, 1.54) is 17.9 Å². The van der Waals surface area contributed by atoms with Crippen LogP contribution in [0.1, 0.15) is 13.8 Å². The lowest BCUT2D eigenvalue weighted by molar-refractivity contribution is -0.119. The van der Waals surface area contributed by atoms with Crippen LogP contribution in [0.25, 0.3) is 0 Å². The number of likely N-dealkylation sites (N-methyl/N-ethyl adjacent to an activating group) is 1. The van der Waals surface area contributed by atoms with E-state index in [9.17, 15) is 19.1 Å². The van der Waals surface area contributed by atoms with E-state index < -0.39 is 18.3 Å². The molecule has 0 spiro atoms. The lowest BCUT2D eigenvalue weighted by Gasteiger charge is -2.29. The van der Waals surface area contributed by atoms with Crippen LogP contribution in [0, 0.1) is 5.82 Å². The first-order chi connectivity index (χ1) is 14.9. The number of nitrogens with zero attached hydrogens (tertiary/aromatic N) is 3. The summed E-state index contributed by atoms with van der Waals surface area (Å²) < 4.78 is 25.5. The fourth-order valence-electron chi connectivity index (χ4n) is 3.80. The number of carbonyl (C=O) groups excluding carboxylic acids is 2. The number of morpholine rings is 1. The SMILES string of the molecule is CCN(C[C@@H](O)CNC(C)=O)C[C@H]1CN(c2ccc(N3CCOCC3)c(F)c2)C(=O)O1. The van der Waals surface area contributed by atoms with Crippen molar-refractivity contribution in [3.05, 3.63) is 24.0 Å². The highest BCUT2D eigenvalue weighted by atomic mass is 19.1. The van der Waals surface area contributed by atoms with Crippen LogP contribution >= 0.6 is 0 Å². The molecular weight excluding hydrogens is 407 g/mol. The van der Waals surface area contributed by atoms with Gasteiger partial charge in [0.25, 0.3) is 0 Å². The Balaban J connectivity index is 1.57. The third kappa shape index (κ3) is 6.28. The number of benzene rings is 1. The van der Waals surface area contributed by atoms with Gasteiger partial charge in [-0.3, -0.25) is 14.6 Å². The number of anilines is 2. The van der Waals surface area contributed by atoms with Crippen molar-refractivity contribution in [3.63, 3.8) is 0 Å². The molecule has 1 aromatic carbocycles. The fraction of sp³-hybridized carbons (Fsp3) is 0.619. The monoisotopic (exact) mass is 438 g/mol. The Kier molecular flexibility index (Phi) is 8.05. The Labute approximate surface area is 181 Å². The zero-order valence-corrected chi connectivity index (χ0v) is 18.1. The summed E-state index contributed by atoms with van der Waals surface area (Å²) >= 11 is 0. The molecule has 9 nitrogen and oxygen atoms in total. The van der Waals surface area contributed by atoms with Crippen molar-refractivity contribution in [2.45, 2.75) is 26.1 Å². The number of cyclic esters (lactones) is 1. The number of aliphatic hydroxyl groups is 1. The van der Waals surface area contributed by atoms with E-state index in [1.807, 2.05) is 16.7 Å². The molecule has 0 aromatic heterocycles. The quantitative estimate of drug-likeness (QED) is 0.589. The molecule has 2 N–H and O–H groups in total. The van der Waals surface area contributed by atoms with Crippen molar-refractivity contribution in [1.29, 1.82) is 0 Å². The molecule has 2 aliphatic heterocycles. The third-order valence-corrected chi connectivity index (χ3v) is 5.43. The lowest BCUT2D eigenvalue weighted by Crippen LogP contribution is -2.43. The first-order valence-corrected chi connectivity index (χ1v) is 10.6. The average molecular weight is 439 g/mol. The number of hydrogen-bond acceptors (Lipinski definition) is 7. The third-order valence-electron chi connectivity index (χ3n) is 5.43. The maximum atomic E-state index is 14.7. The van der Waals surface area contributed by atoms with Gasteiger partial charge in [0.05, 0.1) is 37.2 Å². The van der Waals surface area contributed by atoms with Crippen LogP contribution in [0.2, 0.25) is 0 Å². The van der Waals surface area contributed by atoms with Crippen LogP contribution in [0.4, 0.5) is 20.6 Å². The Morgan fingerprint density at radius 2 is 2.13 bits per heavy atom. The molecule has 1 aromatic rings. The summed E-state index contributed by atoms with van der Waals surface area (Å²) in [5.74, 6) is -0.582. The van der Waals surface area contributed by atoms with E-state index in [2.05, 4.69) is 5.32 Å². The molecule has 2 fully saturated rings.